The van der Waals surface area contributed by atoms with Gasteiger partial charge in [-0.25, -0.2) is 15.0 Å². The summed E-state index contributed by atoms with van der Waals surface area (Å²) in [5.41, 5.74) is 11.5. The molecule has 0 aliphatic carbocycles. The normalized spacial score (nSPS) is 11.9. The van der Waals surface area contributed by atoms with Gasteiger partial charge in [-0.1, -0.05) is 127 Å². The summed E-state index contributed by atoms with van der Waals surface area (Å²) < 4.78 is 15.2. The van der Waals surface area contributed by atoms with E-state index >= 15 is 0 Å². The van der Waals surface area contributed by atoms with Gasteiger partial charge in [-0.15, -0.1) is 0 Å². The Morgan fingerprint density at radius 2 is 0.965 bits per heavy atom. The molecular formula is C51H30N4O2. The average molecular weight is 731 g/mol. The molecule has 0 fully saturated rings. The van der Waals surface area contributed by atoms with Gasteiger partial charge in [0.15, 0.2) is 17.5 Å². The van der Waals surface area contributed by atoms with Gasteiger partial charge in [-0.05, 0) is 60.2 Å². The topological polar surface area (TPSA) is 69.9 Å². The third-order valence-corrected chi connectivity index (χ3v) is 11.1. The van der Waals surface area contributed by atoms with Crippen LogP contribution < -0.4 is 0 Å². The standard InChI is InChI=1S/C51H30N4O2/c1-3-13-31(14-4-1)49-52-50(33-25-27-38-37-18-8-10-23-43(37)57-46(38)30-33)54-51(53-49)40-21-12-24-45-47(40)41-29-32(26-28-44(41)56-45)35-19-11-20-39-36-17-7-9-22-42(36)55(48(35)39)34-15-5-2-6-16-34/h1-30H. The quantitative estimate of drug-likeness (QED) is 0.176. The summed E-state index contributed by atoms with van der Waals surface area (Å²) in [5.74, 6) is 1.71. The van der Waals surface area contributed by atoms with Crippen molar-refractivity contribution in [2.24, 2.45) is 0 Å². The lowest BCUT2D eigenvalue weighted by Crippen LogP contribution is -2.00. The minimum atomic E-state index is 0.562. The van der Waals surface area contributed by atoms with Crippen molar-refractivity contribution in [1.29, 1.82) is 0 Å². The summed E-state index contributed by atoms with van der Waals surface area (Å²) in [6.07, 6.45) is 0. The monoisotopic (exact) mass is 730 g/mol. The van der Waals surface area contributed by atoms with Crippen LogP contribution >= 0.6 is 0 Å². The molecule has 12 aromatic rings. The number of benzene rings is 8. The van der Waals surface area contributed by atoms with Crippen LogP contribution in [0.25, 0.3) is 117 Å². The lowest BCUT2D eigenvalue weighted by Gasteiger charge is -2.12. The smallest absolute Gasteiger partial charge is 0.164 e. The fraction of sp³-hybridized carbons (Fsp3) is 0. The van der Waals surface area contributed by atoms with E-state index in [1.165, 1.54) is 16.3 Å². The molecule has 266 valence electrons. The zero-order valence-corrected chi connectivity index (χ0v) is 30.4. The Balaban J connectivity index is 1.08. The fourth-order valence-corrected chi connectivity index (χ4v) is 8.48. The molecule has 57 heavy (non-hydrogen) atoms. The van der Waals surface area contributed by atoms with E-state index in [4.69, 9.17) is 23.8 Å². The minimum absolute atomic E-state index is 0.562. The van der Waals surface area contributed by atoms with Crippen molar-refractivity contribution in [3.8, 4) is 51.0 Å². The average Bonchev–Trinajstić information content (AvgIpc) is 3.96. The van der Waals surface area contributed by atoms with Gasteiger partial charge in [-0.2, -0.15) is 0 Å². The van der Waals surface area contributed by atoms with Crippen LogP contribution in [-0.2, 0) is 0 Å². The van der Waals surface area contributed by atoms with Crippen LogP contribution in [0.15, 0.2) is 191 Å². The number of para-hydroxylation sites is 4. The van der Waals surface area contributed by atoms with Gasteiger partial charge >= 0.3 is 0 Å². The molecule has 0 aliphatic heterocycles. The zero-order valence-electron chi connectivity index (χ0n) is 30.4. The van der Waals surface area contributed by atoms with E-state index in [1.54, 1.807) is 0 Å². The van der Waals surface area contributed by atoms with E-state index in [0.29, 0.717) is 17.5 Å². The Morgan fingerprint density at radius 1 is 0.351 bits per heavy atom. The number of nitrogens with zero attached hydrogens (tertiary/aromatic N) is 4. The van der Waals surface area contributed by atoms with Crippen molar-refractivity contribution in [2.45, 2.75) is 0 Å². The molecule has 0 saturated heterocycles. The molecule has 0 unspecified atom stereocenters. The van der Waals surface area contributed by atoms with Gasteiger partial charge in [0.1, 0.15) is 22.3 Å². The number of hydrogen-bond donors (Lipinski definition) is 0. The molecule has 6 heteroatoms. The van der Waals surface area contributed by atoms with E-state index in [2.05, 4.69) is 120 Å². The zero-order chi connectivity index (χ0) is 37.5. The first-order valence-electron chi connectivity index (χ1n) is 19.0. The highest BCUT2D eigenvalue weighted by molar-refractivity contribution is 6.16. The van der Waals surface area contributed by atoms with Crippen molar-refractivity contribution < 1.29 is 8.83 Å². The summed E-state index contributed by atoms with van der Waals surface area (Å²) in [7, 11) is 0. The molecule has 0 aliphatic rings. The Hall–Kier alpha value is -7.83. The summed E-state index contributed by atoms with van der Waals surface area (Å²) in [6, 6.07) is 62.7. The van der Waals surface area contributed by atoms with Crippen LogP contribution in [-0.4, -0.2) is 19.5 Å². The molecule has 8 aromatic carbocycles. The molecule has 12 rings (SSSR count). The van der Waals surface area contributed by atoms with Gasteiger partial charge in [0.25, 0.3) is 0 Å². The molecule has 6 nitrogen and oxygen atoms in total. The minimum Gasteiger partial charge on any atom is -0.456 e. The second-order valence-electron chi connectivity index (χ2n) is 14.4. The molecule has 0 amide bonds. The molecule has 0 N–H and O–H groups in total. The van der Waals surface area contributed by atoms with E-state index in [0.717, 1.165) is 82.9 Å². The predicted octanol–water partition coefficient (Wildman–Crippen LogP) is 13.4. The molecule has 4 heterocycles. The number of hydrogen-bond acceptors (Lipinski definition) is 5. The first-order chi connectivity index (χ1) is 28.2. The Kier molecular flexibility index (Phi) is 6.83. The Labute approximate surface area is 325 Å². The van der Waals surface area contributed by atoms with Gasteiger partial charge in [0.05, 0.1) is 11.0 Å². The summed E-state index contributed by atoms with van der Waals surface area (Å²) in [5, 5.41) is 6.50. The molecular weight excluding hydrogens is 701 g/mol. The van der Waals surface area contributed by atoms with E-state index in [1.807, 2.05) is 66.7 Å². The van der Waals surface area contributed by atoms with Crippen LogP contribution in [0.1, 0.15) is 0 Å². The number of fused-ring (bicyclic) bond motifs is 9. The highest BCUT2D eigenvalue weighted by Gasteiger charge is 2.21. The van der Waals surface area contributed by atoms with Gasteiger partial charge in [0.2, 0.25) is 0 Å². The molecule has 0 bridgehead atoms. The van der Waals surface area contributed by atoms with Gasteiger partial charge < -0.3 is 13.4 Å². The van der Waals surface area contributed by atoms with E-state index in [-0.39, 0.29) is 0 Å². The Morgan fingerprint density at radius 3 is 1.84 bits per heavy atom. The van der Waals surface area contributed by atoms with Crippen LogP contribution in [0.4, 0.5) is 0 Å². The highest BCUT2D eigenvalue weighted by atomic mass is 16.3. The third-order valence-electron chi connectivity index (χ3n) is 11.1. The third kappa shape index (κ3) is 4.94. The van der Waals surface area contributed by atoms with E-state index in [9.17, 15) is 0 Å². The maximum Gasteiger partial charge on any atom is 0.164 e. The van der Waals surface area contributed by atoms with Crippen LogP contribution in [0, 0.1) is 0 Å². The number of rotatable bonds is 5. The first-order valence-corrected chi connectivity index (χ1v) is 19.0. The van der Waals surface area contributed by atoms with Crippen LogP contribution in [0.5, 0.6) is 0 Å². The van der Waals surface area contributed by atoms with Crippen molar-refractivity contribution >= 4 is 65.7 Å². The molecule has 0 spiro atoms. The Bertz CT molecular complexity index is 3530. The molecule has 0 radical (unpaired) electrons. The highest BCUT2D eigenvalue weighted by Crippen LogP contribution is 2.42. The van der Waals surface area contributed by atoms with Crippen molar-refractivity contribution in [1.82, 2.24) is 19.5 Å². The number of aromatic nitrogens is 4. The van der Waals surface area contributed by atoms with Gasteiger partial charge in [-0.3, -0.25) is 0 Å². The maximum absolute atomic E-state index is 6.55. The maximum atomic E-state index is 6.55. The lowest BCUT2D eigenvalue weighted by molar-refractivity contribution is 0.668. The molecule has 4 aromatic heterocycles. The van der Waals surface area contributed by atoms with Crippen molar-refractivity contribution in [3.05, 3.63) is 182 Å². The SMILES string of the molecule is c1ccc(-c2nc(-c3ccc4c(c3)oc3ccccc34)nc(-c3cccc4oc5ccc(-c6cccc7c8ccccc8n(-c8ccccc8)c67)cc5c34)n2)cc1. The largest absolute Gasteiger partial charge is 0.456 e. The van der Waals surface area contributed by atoms with Crippen LogP contribution in [0.3, 0.4) is 0 Å². The second-order valence-corrected chi connectivity index (χ2v) is 14.4. The number of furan rings is 2. The first kappa shape index (κ1) is 31.5. The van der Waals surface area contributed by atoms with Gasteiger partial charge in [0, 0.05) is 60.3 Å². The van der Waals surface area contributed by atoms with Crippen molar-refractivity contribution in [3.63, 3.8) is 0 Å². The fourth-order valence-electron chi connectivity index (χ4n) is 8.48. The second kappa shape index (κ2) is 12.3. The summed E-state index contributed by atoms with van der Waals surface area (Å²) in [6.45, 7) is 0. The molecule has 0 saturated carbocycles. The summed E-state index contributed by atoms with van der Waals surface area (Å²) >= 11 is 0. The predicted molar refractivity (Wildman–Crippen MR) is 230 cm³/mol. The van der Waals surface area contributed by atoms with Crippen molar-refractivity contribution in [2.75, 3.05) is 0 Å². The molecule has 0 atom stereocenters. The van der Waals surface area contributed by atoms with E-state index < -0.39 is 0 Å². The van der Waals surface area contributed by atoms with Crippen LogP contribution in [0.2, 0.25) is 0 Å². The summed E-state index contributed by atoms with van der Waals surface area (Å²) in [4.78, 5) is 15.3. The lowest BCUT2D eigenvalue weighted by atomic mass is 9.98.